The molecule has 0 saturated carbocycles. The number of nitrogens with one attached hydrogen (secondary N) is 1. The molecule has 0 radical (unpaired) electrons. The molecule has 0 spiro atoms. The average molecular weight is 262 g/mol. The normalized spacial score (nSPS) is 10.5. The highest BCUT2D eigenvalue weighted by atomic mass is 15.6. The molecule has 2 aromatic rings. The fourth-order valence-corrected chi connectivity index (χ4v) is 1.70. The molecule has 2 aromatic heterocycles. The molecule has 19 heavy (non-hydrogen) atoms. The summed E-state index contributed by atoms with van der Waals surface area (Å²) < 4.78 is 1.69. The van der Waals surface area contributed by atoms with E-state index in [4.69, 9.17) is 0 Å². The number of aryl methyl sites for hydroxylation is 2. The van der Waals surface area contributed by atoms with Gasteiger partial charge in [-0.25, -0.2) is 9.67 Å². The Morgan fingerprint density at radius 3 is 2.84 bits per heavy atom. The van der Waals surface area contributed by atoms with Crippen molar-refractivity contribution in [3.8, 4) is 0 Å². The molecule has 8 nitrogen and oxygen atoms in total. The second-order valence-corrected chi connectivity index (χ2v) is 4.45. The van der Waals surface area contributed by atoms with E-state index >= 15 is 0 Å². The van der Waals surface area contributed by atoms with Crippen molar-refractivity contribution < 1.29 is 0 Å². The maximum Gasteiger partial charge on any atom is 0.249 e. The standard InChI is InChI=1S/C11H18N8/c1-5-6-19-11(15-16-17-19)14-10-12-7-8(2)9(13-10)18(3)4/h7H,5-6H2,1-4H3,(H,12,13,14,15,17). The van der Waals surface area contributed by atoms with Crippen LogP contribution >= 0.6 is 0 Å². The van der Waals surface area contributed by atoms with Crippen LogP contribution in [0, 0.1) is 6.92 Å². The van der Waals surface area contributed by atoms with Crippen LogP contribution in [0.3, 0.4) is 0 Å². The Balaban J connectivity index is 2.23. The maximum atomic E-state index is 4.44. The first-order valence-corrected chi connectivity index (χ1v) is 6.16. The monoisotopic (exact) mass is 262 g/mol. The van der Waals surface area contributed by atoms with E-state index in [1.807, 2.05) is 25.9 Å². The highest BCUT2D eigenvalue weighted by Gasteiger charge is 2.09. The summed E-state index contributed by atoms with van der Waals surface area (Å²) in [4.78, 5) is 10.6. The maximum absolute atomic E-state index is 4.44. The summed E-state index contributed by atoms with van der Waals surface area (Å²) in [6.45, 7) is 4.79. The van der Waals surface area contributed by atoms with E-state index in [2.05, 4.69) is 37.7 Å². The van der Waals surface area contributed by atoms with Crippen molar-refractivity contribution in [2.24, 2.45) is 0 Å². The number of rotatable bonds is 5. The molecule has 102 valence electrons. The third-order valence-corrected chi connectivity index (χ3v) is 2.56. The Hall–Kier alpha value is -2.25. The number of hydrogen-bond donors (Lipinski definition) is 1. The lowest BCUT2D eigenvalue weighted by Crippen LogP contribution is -2.14. The van der Waals surface area contributed by atoms with E-state index in [-0.39, 0.29) is 0 Å². The highest BCUT2D eigenvalue weighted by molar-refractivity contribution is 5.51. The molecule has 0 fully saturated rings. The summed E-state index contributed by atoms with van der Waals surface area (Å²) >= 11 is 0. The number of aromatic nitrogens is 6. The van der Waals surface area contributed by atoms with Gasteiger partial charge in [0, 0.05) is 32.4 Å². The van der Waals surface area contributed by atoms with E-state index in [1.165, 1.54) is 0 Å². The minimum absolute atomic E-state index is 0.487. The molecule has 2 heterocycles. The van der Waals surface area contributed by atoms with Crippen molar-refractivity contribution in [3.63, 3.8) is 0 Å². The van der Waals surface area contributed by atoms with Gasteiger partial charge >= 0.3 is 0 Å². The lowest BCUT2D eigenvalue weighted by molar-refractivity contribution is 0.584. The van der Waals surface area contributed by atoms with Gasteiger partial charge in [0.2, 0.25) is 11.9 Å². The van der Waals surface area contributed by atoms with E-state index in [0.29, 0.717) is 11.9 Å². The topological polar surface area (TPSA) is 84.7 Å². The van der Waals surface area contributed by atoms with Crippen LogP contribution in [0.5, 0.6) is 0 Å². The number of anilines is 3. The van der Waals surface area contributed by atoms with Gasteiger partial charge in [-0.15, -0.1) is 0 Å². The fourth-order valence-electron chi connectivity index (χ4n) is 1.70. The van der Waals surface area contributed by atoms with Gasteiger partial charge in [0.05, 0.1) is 0 Å². The first kappa shape index (κ1) is 13.2. The van der Waals surface area contributed by atoms with Crippen molar-refractivity contribution in [1.29, 1.82) is 0 Å². The van der Waals surface area contributed by atoms with Crippen LogP contribution in [0.1, 0.15) is 18.9 Å². The second kappa shape index (κ2) is 5.59. The molecule has 0 bridgehead atoms. The van der Waals surface area contributed by atoms with Gasteiger partial charge in [-0.05, 0) is 23.8 Å². The zero-order valence-electron chi connectivity index (χ0n) is 11.6. The molecule has 0 amide bonds. The van der Waals surface area contributed by atoms with Gasteiger partial charge in [-0.2, -0.15) is 4.98 Å². The second-order valence-electron chi connectivity index (χ2n) is 4.45. The van der Waals surface area contributed by atoms with Crippen molar-refractivity contribution in [2.45, 2.75) is 26.8 Å². The van der Waals surface area contributed by atoms with Crippen LogP contribution < -0.4 is 10.2 Å². The minimum atomic E-state index is 0.487. The van der Waals surface area contributed by atoms with Gasteiger partial charge in [0.1, 0.15) is 5.82 Å². The Labute approximate surface area is 111 Å². The lowest BCUT2D eigenvalue weighted by atomic mass is 10.3. The molecule has 0 aliphatic rings. The molecule has 2 rings (SSSR count). The summed E-state index contributed by atoms with van der Waals surface area (Å²) in [5.41, 5.74) is 1.02. The molecular formula is C11H18N8. The number of hydrogen-bond acceptors (Lipinski definition) is 7. The number of tetrazole rings is 1. The zero-order valence-corrected chi connectivity index (χ0v) is 11.6. The van der Waals surface area contributed by atoms with Crippen molar-refractivity contribution in [3.05, 3.63) is 11.8 Å². The van der Waals surface area contributed by atoms with Crippen LogP contribution in [-0.4, -0.2) is 44.3 Å². The fraction of sp³-hybridized carbons (Fsp3) is 0.545. The van der Waals surface area contributed by atoms with Gasteiger partial charge in [-0.3, -0.25) is 5.32 Å². The van der Waals surface area contributed by atoms with E-state index in [9.17, 15) is 0 Å². The largest absolute Gasteiger partial charge is 0.362 e. The molecule has 0 aliphatic carbocycles. The highest BCUT2D eigenvalue weighted by Crippen LogP contribution is 2.17. The smallest absolute Gasteiger partial charge is 0.249 e. The van der Waals surface area contributed by atoms with Gasteiger partial charge in [0.25, 0.3) is 0 Å². The molecule has 0 unspecified atom stereocenters. The molecule has 1 N–H and O–H groups in total. The van der Waals surface area contributed by atoms with Crippen LogP contribution in [0.25, 0.3) is 0 Å². The summed E-state index contributed by atoms with van der Waals surface area (Å²) in [7, 11) is 3.89. The van der Waals surface area contributed by atoms with Crippen LogP contribution in [-0.2, 0) is 6.54 Å². The first-order valence-electron chi connectivity index (χ1n) is 6.16. The van der Waals surface area contributed by atoms with Crippen LogP contribution in [0.2, 0.25) is 0 Å². The van der Waals surface area contributed by atoms with E-state index in [1.54, 1.807) is 10.9 Å². The quantitative estimate of drug-likeness (QED) is 0.860. The Morgan fingerprint density at radius 1 is 1.37 bits per heavy atom. The van der Waals surface area contributed by atoms with E-state index < -0.39 is 0 Å². The van der Waals surface area contributed by atoms with Crippen LogP contribution in [0.15, 0.2) is 6.20 Å². The minimum Gasteiger partial charge on any atom is -0.362 e. The molecule has 0 aliphatic heterocycles. The third-order valence-electron chi connectivity index (χ3n) is 2.56. The Kier molecular flexibility index (Phi) is 3.88. The third kappa shape index (κ3) is 2.95. The molecule has 8 heteroatoms. The summed E-state index contributed by atoms with van der Waals surface area (Å²) in [5, 5.41) is 14.5. The Bertz CT molecular complexity index is 547. The lowest BCUT2D eigenvalue weighted by Gasteiger charge is -2.14. The van der Waals surface area contributed by atoms with Crippen LogP contribution in [0.4, 0.5) is 17.7 Å². The van der Waals surface area contributed by atoms with Crippen molar-refractivity contribution in [1.82, 2.24) is 30.2 Å². The van der Waals surface area contributed by atoms with Crippen molar-refractivity contribution >= 4 is 17.7 Å². The summed E-state index contributed by atoms with van der Waals surface area (Å²) in [6, 6.07) is 0. The summed E-state index contributed by atoms with van der Waals surface area (Å²) in [5.74, 6) is 1.91. The van der Waals surface area contributed by atoms with Crippen molar-refractivity contribution in [2.75, 3.05) is 24.3 Å². The summed E-state index contributed by atoms with van der Waals surface area (Å²) in [6.07, 6.45) is 2.73. The van der Waals surface area contributed by atoms with E-state index in [0.717, 1.165) is 24.3 Å². The zero-order chi connectivity index (χ0) is 13.8. The number of nitrogens with zero attached hydrogens (tertiary/aromatic N) is 7. The first-order chi connectivity index (χ1) is 9.11. The van der Waals surface area contributed by atoms with Gasteiger partial charge in [-0.1, -0.05) is 12.0 Å². The molecular weight excluding hydrogens is 244 g/mol. The average Bonchev–Trinajstić information content (AvgIpc) is 2.79. The molecule has 0 saturated heterocycles. The SMILES string of the molecule is CCCn1nnnc1Nc1ncc(C)c(N(C)C)n1. The predicted molar refractivity (Wildman–Crippen MR) is 72.5 cm³/mol. The Morgan fingerprint density at radius 2 is 2.16 bits per heavy atom. The van der Waals surface area contributed by atoms with Gasteiger partial charge in [0.15, 0.2) is 0 Å². The predicted octanol–water partition coefficient (Wildman–Crippen LogP) is 0.991. The molecule has 0 aromatic carbocycles. The molecule has 0 atom stereocenters. The van der Waals surface area contributed by atoms with Gasteiger partial charge < -0.3 is 4.90 Å².